The molecule has 0 spiro atoms. The van der Waals surface area contributed by atoms with Gasteiger partial charge in [-0.25, -0.2) is 4.98 Å². The van der Waals surface area contributed by atoms with Crippen LogP contribution in [0.4, 0.5) is 5.95 Å². The monoisotopic (exact) mass is 289 g/mol. The van der Waals surface area contributed by atoms with Gasteiger partial charge < -0.3 is 10.1 Å². The average molecular weight is 290 g/mol. The van der Waals surface area contributed by atoms with E-state index >= 15 is 0 Å². The molecular formula is C13H12ClN5O. The number of methoxy groups -OCH3 is 1. The van der Waals surface area contributed by atoms with Gasteiger partial charge in [0.15, 0.2) is 5.65 Å². The fraction of sp³-hybridized carbons (Fsp3) is 0.154. The van der Waals surface area contributed by atoms with E-state index in [1.807, 2.05) is 12.1 Å². The summed E-state index contributed by atoms with van der Waals surface area (Å²) >= 11 is 6.05. The first-order valence-electron chi connectivity index (χ1n) is 5.95. The second-order valence-electron chi connectivity index (χ2n) is 4.13. The highest BCUT2D eigenvalue weighted by Gasteiger charge is 2.12. The molecule has 0 aliphatic carbocycles. The van der Waals surface area contributed by atoms with Crippen molar-refractivity contribution in [3.8, 4) is 17.0 Å². The molecule has 2 N–H and O–H groups in total. The normalized spacial score (nSPS) is 10.8. The van der Waals surface area contributed by atoms with E-state index in [9.17, 15) is 0 Å². The highest BCUT2D eigenvalue weighted by molar-refractivity contribution is 6.32. The molecule has 3 aromatic rings. The molecule has 3 rings (SSSR count). The van der Waals surface area contributed by atoms with Crippen molar-refractivity contribution < 1.29 is 4.74 Å². The number of hydrogen-bond donors (Lipinski definition) is 2. The molecule has 0 fully saturated rings. The molecular weight excluding hydrogens is 278 g/mol. The number of ether oxygens (including phenoxy) is 1. The van der Waals surface area contributed by atoms with Crippen LogP contribution < -0.4 is 10.1 Å². The lowest BCUT2D eigenvalue weighted by atomic mass is 10.1. The number of aromatic nitrogens is 4. The Hall–Kier alpha value is -2.34. The van der Waals surface area contributed by atoms with Crippen LogP contribution in [0.25, 0.3) is 22.3 Å². The first-order chi connectivity index (χ1) is 9.72. The van der Waals surface area contributed by atoms with Gasteiger partial charge in [0.2, 0.25) is 5.95 Å². The second-order valence-corrected chi connectivity index (χ2v) is 4.53. The summed E-state index contributed by atoms with van der Waals surface area (Å²) in [5, 5.41) is 11.2. The number of benzene rings is 1. The molecule has 6 nitrogen and oxygen atoms in total. The number of nitrogens with zero attached hydrogens (tertiary/aromatic N) is 3. The fourth-order valence-corrected chi connectivity index (χ4v) is 2.17. The SMILES string of the molecule is CNc1nc(-c2ccc(Cl)c(OC)c2)c2cn[nH]c2n1. The minimum absolute atomic E-state index is 0.519. The molecule has 2 aromatic heterocycles. The Morgan fingerprint density at radius 3 is 2.90 bits per heavy atom. The molecule has 0 saturated carbocycles. The summed E-state index contributed by atoms with van der Waals surface area (Å²) < 4.78 is 5.24. The minimum Gasteiger partial charge on any atom is -0.495 e. The Kier molecular flexibility index (Phi) is 3.15. The van der Waals surface area contributed by atoms with Crippen LogP contribution in [0.2, 0.25) is 5.02 Å². The molecule has 0 atom stereocenters. The van der Waals surface area contributed by atoms with Gasteiger partial charge in [0.05, 0.1) is 29.4 Å². The van der Waals surface area contributed by atoms with Crippen molar-refractivity contribution in [1.29, 1.82) is 0 Å². The van der Waals surface area contributed by atoms with Crippen LogP contribution in [-0.2, 0) is 0 Å². The molecule has 20 heavy (non-hydrogen) atoms. The van der Waals surface area contributed by atoms with Gasteiger partial charge in [-0.1, -0.05) is 17.7 Å². The van der Waals surface area contributed by atoms with E-state index in [4.69, 9.17) is 16.3 Å². The number of nitrogens with one attached hydrogen (secondary N) is 2. The molecule has 0 radical (unpaired) electrons. The van der Waals surface area contributed by atoms with E-state index in [0.717, 1.165) is 16.6 Å². The van der Waals surface area contributed by atoms with Gasteiger partial charge >= 0.3 is 0 Å². The van der Waals surface area contributed by atoms with Crippen molar-refractivity contribution in [3.63, 3.8) is 0 Å². The van der Waals surface area contributed by atoms with Crippen molar-refractivity contribution in [2.45, 2.75) is 0 Å². The zero-order valence-corrected chi connectivity index (χ0v) is 11.7. The minimum atomic E-state index is 0.519. The van der Waals surface area contributed by atoms with Crippen molar-refractivity contribution >= 4 is 28.6 Å². The van der Waals surface area contributed by atoms with Gasteiger partial charge in [0, 0.05) is 12.6 Å². The zero-order valence-electron chi connectivity index (χ0n) is 10.9. The van der Waals surface area contributed by atoms with Crippen LogP contribution in [0.5, 0.6) is 5.75 Å². The predicted molar refractivity (Wildman–Crippen MR) is 78.2 cm³/mol. The van der Waals surface area contributed by atoms with Crippen LogP contribution in [-0.4, -0.2) is 34.3 Å². The predicted octanol–water partition coefficient (Wildman–Crippen LogP) is 2.72. The molecule has 0 aliphatic rings. The van der Waals surface area contributed by atoms with Gasteiger partial charge in [0.25, 0.3) is 0 Å². The summed E-state index contributed by atoms with van der Waals surface area (Å²) in [6, 6.07) is 5.51. The largest absolute Gasteiger partial charge is 0.495 e. The van der Waals surface area contributed by atoms with E-state index in [1.165, 1.54) is 0 Å². The summed E-state index contributed by atoms with van der Waals surface area (Å²) in [6.07, 6.45) is 1.70. The number of halogens is 1. The molecule has 7 heteroatoms. The van der Waals surface area contributed by atoms with Gasteiger partial charge in [-0.3, -0.25) is 5.10 Å². The third-order valence-corrected chi connectivity index (χ3v) is 3.27. The molecule has 0 aliphatic heterocycles. The van der Waals surface area contributed by atoms with Crippen LogP contribution in [0.1, 0.15) is 0 Å². The highest BCUT2D eigenvalue weighted by Crippen LogP contribution is 2.32. The van der Waals surface area contributed by atoms with Crippen LogP contribution in [0.15, 0.2) is 24.4 Å². The lowest BCUT2D eigenvalue weighted by molar-refractivity contribution is 0.415. The summed E-state index contributed by atoms with van der Waals surface area (Å²) in [5.74, 6) is 1.12. The van der Waals surface area contributed by atoms with Gasteiger partial charge in [-0.2, -0.15) is 10.1 Å². The molecule has 0 saturated heterocycles. The summed E-state index contributed by atoms with van der Waals surface area (Å²) in [6.45, 7) is 0. The second kappa shape index (κ2) is 4.97. The van der Waals surface area contributed by atoms with Gasteiger partial charge in [-0.05, 0) is 12.1 Å². The molecule has 1 aromatic carbocycles. The number of hydrogen-bond acceptors (Lipinski definition) is 5. The maximum Gasteiger partial charge on any atom is 0.225 e. The molecule has 102 valence electrons. The maximum absolute atomic E-state index is 6.05. The Labute approximate surface area is 120 Å². The third kappa shape index (κ3) is 2.04. The number of rotatable bonds is 3. The van der Waals surface area contributed by atoms with E-state index in [2.05, 4.69) is 25.5 Å². The Morgan fingerprint density at radius 1 is 1.30 bits per heavy atom. The number of fused-ring (bicyclic) bond motifs is 1. The first kappa shape index (κ1) is 12.7. The Morgan fingerprint density at radius 2 is 2.15 bits per heavy atom. The third-order valence-electron chi connectivity index (χ3n) is 2.96. The molecule has 0 amide bonds. The van der Waals surface area contributed by atoms with E-state index < -0.39 is 0 Å². The first-order valence-corrected chi connectivity index (χ1v) is 6.33. The molecule has 2 heterocycles. The standard InChI is InChI=1S/C13H12ClN5O/c1-15-13-17-11(8-6-16-19-12(8)18-13)7-3-4-9(14)10(5-7)20-2/h3-6H,1-2H3,(H2,15,16,17,18,19). The van der Waals surface area contributed by atoms with Crippen molar-refractivity contribution in [1.82, 2.24) is 20.2 Å². The van der Waals surface area contributed by atoms with Crippen LogP contribution >= 0.6 is 11.6 Å². The topological polar surface area (TPSA) is 75.7 Å². The highest BCUT2D eigenvalue weighted by atomic mass is 35.5. The quantitative estimate of drug-likeness (QED) is 0.775. The number of H-pyrrole nitrogens is 1. The van der Waals surface area contributed by atoms with Crippen LogP contribution in [0, 0.1) is 0 Å². The fourth-order valence-electron chi connectivity index (χ4n) is 1.97. The lowest BCUT2D eigenvalue weighted by Gasteiger charge is -2.08. The van der Waals surface area contributed by atoms with Gasteiger partial charge in [-0.15, -0.1) is 0 Å². The van der Waals surface area contributed by atoms with E-state index in [-0.39, 0.29) is 0 Å². The van der Waals surface area contributed by atoms with E-state index in [1.54, 1.807) is 26.4 Å². The summed E-state index contributed by atoms with van der Waals surface area (Å²) in [4.78, 5) is 8.79. The van der Waals surface area contributed by atoms with Crippen molar-refractivity contribution in [2.75, 3.05) is 19.5 Å². The lowest BCUT2D eigenvalue weighted by Crippen LogP contribution is -1.98. The number of anilines is 1. The van der Waals surface area contributed by atoms with E-state index in [0.29, 0.717) is 22.4 Å². The molecule has 0 unspecified atom stereocenters. The summed E-state index contributed by atoms with van der Waals surface area (Å²) in [5.41, 5.74) is 2.33. The van der Waals surface area contributed by atoms with Crippen molar-refractivity contribution in [3.05, 3.63) is 29.4 Å². The smallest absolute Gasteiger partial charge is 0.225 e. The number of aromatic amines is 1. The average Bonchev–Trinajstić information content (AvgIpc) is 2.95. The Bertz CT molecular complexity index is 771. The van der Waals surface area contributed by atoms with Crippen molar-refractivity contribution in [2.24, 2.45) is 0 Å². The van der Waals surface area contributed by atoms with Crippen LogP contribution in [0.3, 0.4) is 0 Å². The zero-order chi connectivity index (χ0) is 14.1. The Balaban J connectivity index is 2.25. The maximum atomic E-state index is 6.05. The molecule has 0 bridgehead atoms. The van der Waals surface area contributed by atoms with Gasteiger partial charge in [0.1, 0.15) is 5.75 Å². The summed E-state index contributed by atoms with van der Waals surface area (Å²) in [7, 11) is 3.35.